The van der Waals surface area contributed by atoms with E-state index in [2.05, 4.69) is 16.2 Å². The predicted molar refractivity (Wildman–Crippen MR) is 77.8 cm³/mol. The second-order valence-electron chi connectivity index (χ2n) is 5.72. The smallest absolute Gasteiger partial charge is 0.307 e. The molecule has 0 unspecified atom stereocenters. The Morgan fingerprint density at radius 1 is 1.15 bits per heavy atom. The Balaban J connectivity index is 1.86. The standard InChI is InChI=1S/C15H19N3O2/c1-15(2)9-12(8-13(19)10-15)17-18-14(20)16-11-6-4-3-5-7-11/h3-8,17H,9-10H2,1-2H3,(H2,16,18,20). The first-order valence-corrected chi connectivity index (χ1v) is 6.56. The van der Waals surface area contributed by atoms with Crippen LogP contribution in [0.2, 0.25) is 0 Å². The molecule has 0 saturated carbocycles. The Morgan fingerprint density at radius 2 is 1.85 bits per heavy atom. The quantitative estimate of drug-likeness (QED) is 0.741. The number of rotatable bonds is 3. The van der Waals surface area contributed by atoms with E-state index in [1.807, 2.05) is 32.0 Å². The maximum atomic E-state index is 11.7. The first kappa shape index (κ1) is 14.1. The van der Waals surface area contributed by atoms with Gasteiger partial charge in [0.1, 0.15) is 0 Å². The van der Waals surface area contributed by atoms with E-state index in [4.69, 9.17) is 0 Å². The fourth-order valence-corrected chi connectivity index (χ4v) is 2.25. The molecule has 0 radical (unpaired) electrons. The lowest BCUT2D eigenvalue weighted by molar-refractivity contribution is -0.117. The summed E-state index contributed by atoms with van der Waals surface area (Å²) in [6, 6.07) is 8.79. The molecule has 3 N–H and O–H groups in total. The molecule has 0 atom stereocenters. The number of anilines is 1. The minimum atomic E-state index is -0.368. The van der Waals surface area contributed by atoms with Crippen LogP contribution in [0.1, 0.15) is 26.7 Å². The van der Waals surface area contributed by atoms with E-state index in [0.29, 0.717) is 12.1 Å². The molecule has 5 nitrogen and oxygen atoms in total. The van der Waals surface area contributed by atoms with Crippen molar-refractivity contribution in [3.05, 3.63) is 42.1 Å². The Hall–Kier alpha value is -2.30. The molecule has 20 heavy (non-hydrogen) atoms. The van der Waals surface area contributed by atoms with Gasteiger partial charge in [-0.05, 0) is 24.0 Å². The molecule has 1 aliphatic carbocycles. The van der Waals surface area contributed by atoms with Gasteiger partial charge in [-0.1, -0.05) is 32.0 Å². The average Bonchev–Trinajstić information content (AvgIpc) is 2.35. The van der Waals surface area contributed by atoms with E-state index in [9.17, 15) is 9.59 Å². The van der Waals surface area contributed by atoms with Gasteiger partial charge in [-0.2, -0.15) is 0 Å². The van der Waals surface area contributed by atoms with Gasteiger partial charge < -0.3 is 10.7 Å². The van der Waals surface area contributed by atoms with Gasteiger partial charge >= 0.3 is 6.03 Å². The maximum absolute atomic E-state index is 11.7. The van der Waals surface area contributed by atoms with E-state index in [1.165, 1.54) is 0 Å². The molecule has 0 aromatic heterocycles. The number of carbonyl (C=O) groups is 2. The largest absolute Gasteiger partial charge is 0.337 e. The van der Waals surface area contributed by atoms with Crippen LogP contribution in [0.15, 0.2) is 42.1 Å². The molecule has 1 aliphatic rings. The third-order valence-electron chi connectivity index (χ3n) is 3.03. The Labute approximate surface area is 118 Å². The maximum Gasteiger partial charge on any atom is 0.337 e. The van der Waals surface area contributed by atoms with Crippen molar-refractivity contribution in [3.8, 4) is 0 Å². The lowest BCUT2D eigenvalue weighted by Crippen LogP contribution is -2.42. The summed E-state index contributed by atoms with van der Waals surface area (Å²) in [5.74, 6) is 0.0778. The summed E-state index contributed by atoms with van der Waals surface area (Å²) in [4.78, 5) is 23.3. The highest BCUT2D eigenvalue weighted by molar-refractivity contribution is 5.92. The van der Waals surface area contributed by atoms with Crippen molar-refractivity contribution in [3.63, 3.8) is 0 Å². The number of carbonyl (C=O) groups excluding carboxylic acids is 2. The molecule has 0 spiro atoms. The highest BCUT2D eigenvalue weighted by Gasteiger charge is 2.27. The summed E-state index contributed by atoms with van der Waals surface area (Å²) in [5.41, 5.74) is 6.71. The first-order chi connectivity index (χ1) is 9.44. The van der Waals surface area contributed by atoms with Crippen molar-refractivity contribution in [2.24, 2.45) is 5.41 Å². The number of hydrogen-bond acceptors (Lipinski definition) is 3. The summed E-state index contributed by atoms with van der Waals surface area (Å²) in [6.07, 6.45) is 2.81. The van der Waals surface area contributed by atoms with E-state index in [-0.39, 0.29) is 17.2 Å². The van der Waals surface area contributed by atoms with Crippen molar-refractivity contribution >= 4 is 17.5 Å². The zero-order chi connectivity index (χ0) is 14.6. The van der Waals surface area contributed by atoms with Gasteiger partial charge in [0.15, 0.2) is 5.78 Å². The van der Waals surface area contributed by atoms with Gasteiger partial charge in [0.25, 0.3) is 0 Å². The van der Waals surface area contributed by atoms with Gasteiger partial charge in [0, 0.05) is 23.9 Å². The van der Waals surface area contributed by atoms with Crippen LogP contribution < -0.4 is 16.2 Å². The summed E-state index contributed by atoms with van der Waals surface area (Å²) in [5, 5.41) is 2.69. The number of para-hydroxylation sites is 1. The Morgan fingerprint density at radius 3 is 2.50 bits per heavy atom. The molecule has 106 valence electrons. The molecule has 0 saturated heterocycles. The summed E-state index contributed by atoms with van der Waals surface area (Å²) < 4.78 is 0. The topological polar surface area (TPSA) is 70.2 Å². The lowest BCUT2D eigenvalue weighted by atomic mass is 9.79. The summed E-state index contributed by atoms with van der Waals surface area (Å²) in [7, 11) is 0. The van der Waals surface area contributed by atoms with E-state index in [1.54, 1.807) is 18.2 Å². The van der Waals surface area contributed by atoms with Crippen LogP contribution in [0.25, 0.3) is 0 Å². The second kappa shape index (κ2) is 5.77. The van der Waals surface area contributed by atoms with Gasteiger partial charge in [-0.3, -0.25) is 10.2 Å². The third-order valence-corrected chi connectivity index (χ3v) is 3.03. The molecule has 0 aliphatic heterocycles. The number of urea groups is 1. The first-order valence-electron chi connectivity index (χ1n) is 6.56. The molecule has 0 bridgehead atoms. The Bertz CT molecular complexity index is 535. The highest BCUT2D eigenvalue weighted by Crippen LogP contribution is 2.32. The fourth-order valence-electron chi connectivity index (χ4n) is 2.25. The van der Waals surface area contributed by atoms with Gasteiger partial charge in [0.05, 0.1) is 0 Å². The van der Waals surface area contributed by atoms with Crippen LogP contribution in [0.5, 0.6) is 0 Å². The molecule has 2 amide bonds. The van der Waals surface area contributed by atoms with Crippen LogP contribution in [0, 0.1) is 5.41 Å². The number of allylic oxidation sites excluding steroid dienone is 2. The van der Waals surface area contributed by atoms with Crippen LogP contribution in [0.4, 0.5) is 10.5 Å². The van der Waals surface area contributed by atoms with Gasteiger partial charge in [0.2, 0.25) is 0 Å². The number of benzene rings is 1. The summed E-state index contributed by atoms with van der Waals surface area (Å²) >= 11 is 0. The Kier molecular flexibility index (Phi) is 4.08. The van der Waals surface area contributed by atoms with Crippen LogP contribution in [-0.2, 0) is 4.79 Å². The van der Waals surface area contributed by atoms with Crippen molar-refractivity contribution in [2.45, 2.75) is 26.7 Å². The van der Waals surface area contributed by atoms with Gasteiger partial charge in [-0.15, -0.1) is 0 Å². The number of ketones is 1. The third kappa shape index (κ3) is 4.12. The number of hydrazine groups is 1. The molecular weight excluding hydrogens is 254 g/mol. The van der Waals surface area contributed by atoms with E-state index < -0.39 is 0 Å². The highest BCUT2D eigenvalue weighted by atomic mass is 16.2. The second-order valence-corrected chi connectivity index (χ2v) is 5.72. The number of hydrogen-bond donors (Lipinski definition) is 3. The number of amides is 2. The molecule has 1 aromatic carbocycles. The fraction of sp³-hybridized carbons (Fsp3) is 0.333. The van der Waals surface area contributed by atoms with Crippen molar-refractivity contribution in [2.75, 3.05) is 5.32 Å². The molecule has 5 heteroatoms. The van der Waals surface area contributed by atoms with Crippen molar-refractivity contribution < 1.29 is 9.59 Å². The molecule has 0 fully saturated rings. The SMILES string of the molecule is CC1(C)CC(=O)C=C(NNC(=O)Nc2ccccc2)C1. The van der Waals surface area contributed by atoms with Crippen LogP contribution in [-0.4, -0.2) is 11.8 Å². The molecule has 0 heterocycles. The monoisotopic (exact) mass is 273 g/mol. The average molecular weight is 273 g/mol. The minimum absolute atomic E-state index is 0.0776. The minimum Gasteiger partial charge on any atom is -0.307 e. The molecular formula is C15H19N3O2. The zero-order valence-electron chi connectivity index (χ0n) is 11.7. The van der Waals surface area contributed by atoms with Crippen molar-refractivity contribution in [1.82, 2.24) is 10.9 Å². The zero-order valence-corrected chi connectivity index (χ0v) is 11.7. The molecule has 2 rings (SSSR count). The normalized spacial score (nSPS) is 17.1. The van der Waals surface area contributed by atoms with Crippen molar-refractivity contribution in [1.29, 1.82) is 0 Å². The lowest BCUT2D eigenvalue weighted by Gasteiger charge is -2.29. The molecule has 1 aromatic rings. The van der Waals surface area contributed by atoms with E-state index in [0.717, 1.165) is 12.1 Å². The van der Waals surface area contributed by atoms with Crippen LogP contribution in [0.3, 0.4) is 0 Å². The van der Waals surface area contributed by atoms with E-state index >= 15 is 0 Å². The van der Waals surface area contributed by atoms with Crippen LogP contribution >= 0.6 is 0 Å². The number of nitrogens with one attached hydrogen (secondary N) is 3. The van der Waals surface area contributed by atoms with Gasteiger partial charge in [-0.25, -0.2) is 4.79 Å². The summed E-state index contributed by atoms with van der Waals surface area (Å²) in [6.45, 7) is 4.06. The predicted octanol–water partition coefficient (Wildman–Crippen LogP) is 2.59.